The second kappa shape index (κ2) is 5.93. The number of carbonyl (C=O) groups is 1. The maximum atomic E-state index is 10.4. The molecule has 0 fully saturated rings. The van der Waals surface area contributed by atoms with Crippen molar-refractivity contribution in [1.82, 2.24) is 5.48 Å². The first kappa shape index (κ1) is 13.9. The van der Waals surface area contributed by atoms with Crippen molar-refractivity contribution in [2.45, 2.75) is 26.2 Å². The van der Waals surface area contributed by atoms with Gasteiger partial charge in [0, 0.05) is 13.3 Å². The van der Waals surface area contributed by atoms with E-state index in [0.29, 0.717) is 0 Å². The minimum Gasteiger partial charge on any atom is -1.00 e. The van der Waals surface area contributed by atoms with E-state index in [9.17, 15) is 4.79 Å². The zero-order valence-corrected chi connectivity index (χ0v) is 8.92. The summed E-state index contributed by atoms with van der Waals surface area (Å²) < 4.78 is 0. The summed E-state index contributed by atoms with van der Waals surface area (Å²) in [5.41, 5.74) is 1.73. The largest absolute Gasteiger partial charge is 1.00 e. The van der Waals surface area contributed by atoms with Crippen LogP contribution in [0.3, 0.4) is 0 Å². The third kappa shape index (κ3) is 10.4. The monoisotopic (exact) mass is 173 g/mol. The van der Waals surface area contributed by atoms with Gasteiger partial charge in [0.1, 0.15) is 0 Å². The third-order valence-corrected chi connectivity index (χ3v) is 0.647. The molecule has 0 saturated carbocycles. The van der Waals surface area contributed by atoms with Crippen molar-refractivity contribution in [2.75, 3.05) is 0 Å². The zero-order chi connectivity index (χ0) is 8.20. The van der Waals surface area contributed by atoms with Gasteiger partial charge in [0.15, 0.2) is 0 Å². The van der Waals surface area contributed by atoms with Crippen molar-refractivity contribution < 1.29 is 50.8 Å². The van der Waals surface area contributed by atoms with Crippen molar-refractivity contribution in [1.29, 1.82) is 0 Å². The molecule has 0 aromatic carbocycles. The van der Waals surface area contributed by atoms with Crippen molar-refractivity contribution in [3.63, 3.8) is 0 Å². The van der Waals surface area contributed by atoms with E-state index in [1.165, 1.54) is 0 Å². The van der Waals surface area contributed by atoms with Gasteiger partial charge in [-0.05, 0) is 0 Å². The van der Waals surface area contributed by atoms with Gasteiger partial charge in [0.2, 0.25) is 0 Å². The molecule has 0 atom stereocenters. The smallest absolute Gasteiger partial charge is 1.00 e. The predicted molar refractivity (Wildman–Crippen MR) is 33.5 cm³/mol. The molecule has 0 aliphatic carbocycles. The summed E-state index contributed by atoms with van der Waals surface area (Å²) in [6.45, 7) is 2.63. The van der Waals surface area contributed by atoms with Crippen LogP contribution in [0.1, 0.15) is 21.7 Å². The molecule has 3 N–H and O–H groups in total. The molecule has 11 heavy (non-hydrogen) atoms. The topological polar surface area (TPSA) is 78.8 Å². The van der Waals surface area contributed by atoms with Gasteiger partial charge in [-0.15, -0.1) is 0 Å². The average Bonchev–Trinajstić information content (AvgIpc) is 1.81. The number of aliphatic hydroxyl groups is 2. The standard InChI is InChI=1S/C5H11NO4.Na.H/c1-3-4(7)10-6-5(2,8)9;;/h6,8-9H,3H2,1-2H3;;/q;+1;-1. The molecular formula is C5H12NNaO4. The zero-order valence-electron chi connectivity index (χ0n) is 7.92. The fourth-order valence-corrected chi connectivity index (χ4v) is 0.226. The first-order valence-electron chi connectivity index (χ1n) is 2.87. The maximum Gasteiger partial charge on any atom is 1.00 e. The van der Waals surface area contributed by atoms with Gasteiger partial charge in [0.25, 0.3) is 5.91 Å². The number of carbonyl (C=O) groups excluding carboxylic acids is 1. The molecule has 6 heteroatoms. The first-order valence-corrected chi connectivity index (χ1v) is 2.87. The van der Waals surface area contributed by atoms with Crippen LogP contribution in [-0.4, -0.2) is 22.1 Å². The van der Waals surface area contributed by atoms with E-state index in [1.54, 1.807) is 12.4 Å². The molecule has 0 aromatic rings. The summed E-state index contributed by atoms with van der Waals surface area (Å²) >= 11 is 0. The Morgan fingerprint density at radius 1 is 1.73 bits per heavy atom. The van der Waals surface area contributed by atoms with Gasteiger partial charge in [0.05, 0.1) is 0 Å². The summed E-state index contributed by atoms with van der Waals surface area (Å²) in [5.74, 6) is -2.71. The van der Waals surface area contributed by atoms with Gasteiger partial charge in [-0.1, -0.05) is 12.4 Å². The van der Waals surface area contributed by atoms with E-state index in [1.807, 2.05) is 0 Å². The molecule has 0 bridgehead atoms. The minimum absolute atomic E-state index is 0. The van der Waals surface area contributed by atoms with Crippen LogP contribution in [0.4, 0.5) is 0 Å². The van der Waals surface area contributed by atoms with Crippen LogP contribution < -0.4 is 35.0 Å². The van der Waals surface area contributed by atoms with Crippen LogP contribution in [0.2, 0.25) is 0 Å². The van der Waals surface area contributed by atoms with Crippen LogP contribution in [0.5, 0.6) is 0 Å². The third-order valence-electron chi connectivity index (χ3n) is 0.647. The Bertz CT molecular complexity index is 127. The number of hydrogen-bond donors (Lipinski definition) is 3. The predicted octanol–water partition coefficient (Wildman–Crippen LogP) is -3.78. The Morgan fingerprint density at radius 3 is 2.45 bits per heavy atom. The van der Waals surface area contributed by atoms with Crippen LogP contribution in [0, 0.1) is 0 Å². The molecule has 5 nitrogen and oxygen atoms in total. The fourth-order valence-electron chi connectivity index (χ4n) is 0.226. The molecular weight excluding hydrogens is 161 g/mol. The molecule has 62 valence electrons. The van der Waals surface area contributed by atoms with Crippen molar-refractivity contribution in [3.8, 4) is 0 Å². The van der Waals surface area contributed by atoms with E-state index >= 15 is 0 Å². The summed E-state index contributed by atoms with van der Waals surface area (Å²) in [5, 5.41) is 17.1. The Balaban J connectivity index is -0.000000405. The van der Waals surface area contributed by atoms with Crippen molar-refractivity contribution in [2.24, 2.45) is 0 Å². The van der Waals surface area contributed by atoms with Crippen molar-refractivity contribution in [3.05, 3.63) is 0 Å². The molecule has 0 heterocycles. The molecule has 0 saturated heterocycles. The van der Waals surface area contributed by atoms with E-state index < -0.39 is 11.9 Å². The summed E-state index contributed by atoms with van der Waals surface area (Å²) in [4.78, 5) is 14.5. The maximum absolute atomic E-state index is 10.4. The molecule has 0 amide bonds. The number of hydrogen-bond acceptors (Lipinski definition) is 5. The van der Waals surface area contributed by atoms with Crippen LogP contribution in [0.25, 0.3) is 0 Å². The molecule has 0 spiro atoms. The molecule has 0 rings (SSSR count). The Labute approximate surface area is 88.5 Å². The van der Waals surface area contributed by atoms with Gasteiger partial charge < -0.3 is 16.5 Å². The Hall–Kier alpha value is 0.350. The van der Waals surface area contributed by atoms with Gasteiger partial charge in [-0.3, -0.25) is 4.79 Å². The normalized spacial score (nSPS) is 10.2. The minimum atomic E-state index is -2.16. The Morgan fingerprint density at radius 2 is 2.18 bits per heavy atom. The quantitative estimate of drug-likeness (QED) is 0.232. The van der Waals surface area contributed by atoms with Gasteiger partial charge >= 0.3 is 35.5 Å². The molecule has 0 aliphatic rings. The average molecular weight is 173 g/mol. The van der Waals surface area contributed by atoms with E-state index in [-0.39, 0.29) is 37.4 Å². The summed E-state index contributed by atoms with van der Waals surface area (Å²) in [7, 11) is 0. The van der Waals surface area contributed by atoms with Crippen LogP contribution >= 0.6 is 0 Å². The van der Waals surface area contributed by atoms with Crippen molar-refractivity contribution >= 4 is 5.97 Å². The molecule has 0 aromatic heterocycles. The number of rotatable bonds is 3. The fraction of sp³-hybridized carbons (Fsp3) is 0.800. The second-order valence-corrected chi connectivity index (χ2v) is 1.95. The summed E-state index contributed by atoms with van der Waals surface area (Å²) in [6, 6.07) is 0. The summed E-state index contributed by atoms with van der Waals surface area (Å²) in [6.07, 6.45) is 0.184. The van der Waals surface area contributed by atoms with Gasteiger partial charge in [-0.25, -0.2) is 0 Å². The number of nitrogens with one attached hydrogen (secondary N) is 1. The molecule has 0 unspecified atom stereocenters. The van der Waals surface area contributed by atoms with E-state index in [0.717, 1.165) is 6.92 Å². The first-order chi connectivity index (χ1) is 4.45. The Kier molecular flexibility index (Phi) is 7.50. The molecule has 0 aliphatic heterocycles. The SMILES string of the molecule is CCC(=O)ONC(C)(O)O.[H-].[Na+]. The second-order valence-electron chi connectivity index (χ2n) is 1.95. The van der Waals surface area contributed by atoms with Gasteiger partial charge in [-0.2, -0.15) is 0 Å². The van der Waals surface area contributed by atoms with Crippen LogP contribution in [0.15, 0.2) is 0 Å². The van der Waals surface area contributed by atoms with E-state index in [2.05, 4.69) is 4.84 Å². The van der Waals surface area contributed by atoms with E-state index in [4.69, 9.17) is 10.2 Å². The molecule has 0 radical (unpaired) electrons. The number of hydroxylamine groups is 1. The van der Waals surface area contributed by atoms with Crippen LogP contribution in [-0.2, 0) is 9.63 Å².